The molecule has 5 heteroatoms. The van der Waals surface area contributed by atoms with Gasteiger partial charge in [0.25, 0.3) is 0 Å². The van der Waals surface area contributed by atoms with Crippen LogP contribution >= 0.6 is 0 Å². The number of amides is 1. The maximum absolute atomic E-state index is 11.0. The predicted molar refractivity (Wildman–Crippen MR) is 62.6 cm³/mol. The van der Waals surface area contributed by atoms with Crippen molar-refractivity contribution in [2.45, 2.75) is 6.92 Å². The van der Waals surface area contributed by atoms with E-state index in [0.717, 1.165) is 5.56 Å². The van der Waals surface area contributed by atoms with Crippen molar-refractivity contribution in [1.29, 1.82) is 10.5 Å². The van der Waals surface area contributed by atoms with Crippen molar-refractivity contribution in [3.63, 3.8) is 0 Å². The Balaban J connectivity index is 3.04. The van der Waals surface area contributed by atoms with Crippen molar-refractivity contribution in [2.24, 2.45) is 5.73 Å². The van der Waals surface area contributed by atoms with Gasteiger partial charge in [-0.15, -0.1) is 0 Å². The lowest BCUT2D eigenvalue weighted by molar-refractivity contribution is 0.100. The van der Waals surface area contributed by atoms with E-state index < -0.39 is 5.91 Å². The normalized spacial score (nSPS) is 8.65. The quantitative estimate of drug-likeness (QED) is 0.761. The summed E-state index contributed by atoms with van der Waals surface area (Å²) in [7, 11) is 0. The second kappa shape index (κ2) is 5.34. The SMILES string of the molecule is Cc1ccc(C(N)=O)cc1NC=C(C#N)C#N. The van der Waals surface area contributed by atoms with Gasteiger partial charge in [0.1, 0.15) is 17.7 Å². The van der Waals surface area contributed by atoms with Crippen LogP contribution in [0.1, 0.15) is 15.9 Å². The van der Waals surface area contributed by atoms with E-state index in [4.69, 9.17) is 16.3 Å². The first kappa shape index (κ1) is 12.3. The molecule has 0 heterocycles. The number of nitriles is 2. The molecule has 17 heavy (non-hydrogen) atoms. The van der Waals surface area contributed by atoms with E-state index in [1.165, 1.54) is 6.20 Å². The van der Waals surface area contributed by atoms with E-state index in [9.17, 15) is 4.79 Å². The molecule has 0 aliphatic heterocycles. The average molecular weight is 226 g/mol. The highest BCUT2D eigenvalue weighted by atomic mass is 16.1. The third-order valence-electron chi connectivity index (χ3n) is 2.14. The molecule has 0 bridgehead atoms. The number of anilines is 1. The molecule has 5 nitrogen and oxygen atoms in total. The van der Waals surface area contributed by atoms with Crippen LogP contribution < -0.4 is 11.1 Å². The zero-order chi connectivity index (χ0) is 12.8. The van der Waals surface area contributed by atoms with Gasteiger partial charge in [-0.3, -0.25) is 4.79 Å². The number of nitrogens with two attached hydrogens (primary N) is 1. The van der Waals surface area contributed by atoms with E-state index >= 15 is 0 Å². The Morgan fingerprint density at radius 1 is 1.41 bits per heavy atom. The van der Waals surface area contributed by atoms with Crippen molar-refractivity contribution in [3.8, 4) is 12.1 Å². The van der Waals surface area contributed by atoms with E-state index in [2.05, 4.69) is 5.32 Å². The third kappa shape index (κ3) is 3.08. The Morgan fingerprint density at radius 3 is 2.59 bits per heavy atom. The van der Waals surface area contributed by atoms with E-state index in [1.807, 2.05) is 6.92 Å². The molecule has 0 saturated heterocycles. The fourth-order valence-electron chi connectivity index (χ4n) is 1.17. The lowest BCUT2D eigenvalue weighted by Crippen LogP contribution is -2.11. The molecule has 1 aromatic rings. The number of hydrogen-bond donors (Lipinski definition) is 2. The maximum atomic E-state index is 11.0. The molecule has 3 N–H and O–H groups in total. The van der Waals surface area contributed by atoms with Crippen LogP contribution in [0.25, 0.3) is 0 Å². The Hall–Kier alpha value is -2.79. The first-order valence-electron chi connectivity index (χ1n) is 4.76. The monoisotopic (exact) mass is 226 g/mol. The summed E-state index contributed by atoms with van der Waals surface area (Å²) in [5, 5.41) is 19.9. The first-order valence-corrected chi connectivity index (χ1v) is 4.76. The van der Waals surface area contributed by atoms with Gasteiger partial charge in [0.15, 0.2) is 0 Å². The minimum Gasteiger partial charge on any atom is -0.366 e. The molecule has 0 aliphatic rings. The number of nitrogens with zero attached hydrogens (tertiary/aromatic N) is 2. The van der Waals surface area contributed by atoms with Crippen molar-refractivity contribution >= 4 is 11.6 Å². The molecule has 0 spiro atoms. The molecule has 1 amide bonds. The minimum absolute atomic E-state index is 0.0473. The fraction of sp³-hybridized carbons (Fsp3) is 0.0833. The lowest BCUT2D eigenvalue weighted by Gasteiger charge is -2.06. The summed E-state index contributed by atoms with van der Waals surface area (Å²) in [6.07, 6.45) is 1.28. The van der Waals surface area contributed by atoms with E-state index in [-0.39, 0.29) is 5.57 Å². The van der Waals surface area contributed by atoms with Gasteiger partial charge in [-0.1, -0.05) is 6.07 Å². The van der Waals surface area contributed by atoms with E-state index in [0.29, 0.717) is 11.3 Å². The summed E-state index contributed by atoms with van der Waals surface area (Å²) >= 11 is 0. The third-order valence-corrected chi connectivity index (χ3v) is 2.14. The summed E-state index contributed by atoms with van der Waals surface area (Å²) in [6.45, 7) is 1.83. The number of carbonyl (C=O) groups is 1. The molecule has 0 aliphatic carbocycles. The number of primary amides is 1. The standard InChI is InChI=1S/C12H10N4O/c1-8-2-3-10(12(15)17)4-11(8)16-7-9(5-13)6-14/h2-4,7,16H,1H3,(H2,15,17). The number of allylic oxidation sites excluding steroid dienone is 1. The van der Waals surface area contributed by atoms with Gasteiger partial charge in [0.05, 0.1) is 0 Å². The van der Waals surface area contributed by atoms with Crippen molar-refractivity contribution in [1.82, 2.24) is 0 Å². The van der Waals surface area contributed by atoms with Gasteiger partial charge in [0.2, 0.25) is 5.91 Å². The van der Waals surface area contributed by atoms with Crippen LogP contribution in [0.2, 0.25) is 0 Å². The second-order valence-electron chi connectivity index (χ2n) is 3.32. The highest BCUT2D eigenvalue weighted by Crippen LogP contribution is 2.16. The zero-order valence-electron chi connectivity index (χ0n) is 9.19. The number of aryl methyl sites for hydroxylation is 1. The van der Waals surface area contributed by atoms with Crippen molar-refractivity contribution in [3.05, 3.63) is 41.1 Å². The Bertz CT molecular complexity index is 545. The number of rotatable bonds is 3. The number of hydrogen-bond acceptors (Lipinski definition) is 4. The second-order valence-corrected chi connectivity index (χ2v) is 3.32. The highest BCUT2D eigenvalue weighted by molar-refractivity contribution is 5.94. The van der Waals surface area contributed by atoms with Crippen LogP contribution in [-0.4, -0.2) is 5.91 Å². The molecule has 84 valence electrons. The highest BCUT2D eigenvalue weighted by Gasteiger charge is 2.03. The Kier molecular flexibility index (Phi) is 3.86. The van der Waals surface area contributed by atoms with Crippen LogP contribution in [0, 0.1) is 29.6 Å². The summed E-state index contributed by atoms with van der Waals surface area (Å²) in [6, 6.07) is 8.36. The minimum atomic E-state index is -0.530. The Labute approximate surface area is 98.8 Å². The van der Waals surface area contributed by atoms with Crippen LogP contribution in [0.5, 0.6) is 0 Å². The lowest BCUT2D eigenvalue weighted by atomic mass is 10.1. The van der Waals surface area contributed by atoms with Gasteiger partial charge in [0, 0.05) is 17.5 Å². The van der Waals surface area contributed by atoms with Crippen molar-refractivity contribution in [2.75, 3.05) is 5.32 Å². The van der Waals surface area contributed by atoms with Crippen LogP contribution in [-0.2, 0) is 0 Å². The molecule has 0 aromatic heterocycles. The number of carbonyl (C=O) groups excluding carboxylic acids is 1. The summed E-state index contributed by atoms with van der Waals surface area (Å²) in [5.41, 5.74) is 6.98. The van der Waals surface area contributed by atoms with Crippen molar-refractivity contribution < 1.29 is 4.79 Å². The Morgan fingerprint density at radius 2 is 2.06 bits per heavy atom. The van der Waals surface area contributed by atoms with Gasteiger partial charge in [-0.05, 0) is 24.6 Å². The van der Waals surface area contributed by atoms with E-state index in [1.54, 1.807) is 30.3 Å². The topological polar surface area (TPSA) is 103 Å². The largest absolute Gasteiger partial charge is 0.366 e. The van der Waals surface area contributed by atoms with Gasteiger partial charge < -0.3 is 11.1 Å². The van der Waals surface area contributed by atoms with Gasteiger partial charge in [-0.25, -0.2) is 0 Å². The molecule has 0 unspecified atom stereocenters. The molecule has 0 saturated carbocycles. The molecule has 0 radical (unpaired) electrons. The summed E-state index contributed by atoms with van der Waals surface area (Å²) < 4.78 is 0. The molecule has 0 fully saturated rings. The van der Waals surface area contributed by atoms with Crippen LogP contribution in [0.4, 0.5) is 5.69 Å². The molecule has 0 atom stereocenters. The summed E-state index contributed by atoms with van der Waals surface area (Å²) in [5.74, 6) is -0.530. The number of benzene rings is 1. The molecular formula is C12H10N4O. The molecular weight excluding hydrogens is 216 g/mol. The van der Waals surface area contributed by atoms with Crippen LogP contribution in [0.3, 0.4) is 0 Å². The van der Waals surface area contributed by atoms with Gasteiger partial charge >= 0.3 is 0 Å². The average Bonchev–Trinajstić information content (AvgIpc) is 2.32. The first-order chi connectivity index (χ1) is 8.08. The number of nitrogens with one attached hydrogen (secondary N) is 1. The molecule has 1 rings (SSSR count). The van der Waals surface area contributed by atoms with Crippen LogP contribution in [0.15, 0.2) is 30.0 Å². The fourth-order valence-corrected chi connectivity index (χ4v) is 1.17. The smallest absolute Gasteiger partial charge is 0.248 e. The zero-order valence-corrected chi connectivity index (χ0v) is 9.19. The van der Waals surface area contributed by atoms with Gasteiger partial charge in [-0.2, -0.15) is 10.5 Å². The maximum Gasteiger partial charge on any atom is 0.248 e. The predicted octanol–water partition coefficient (Wildman–Crippen LogP) is 1.44. The molecule has 1 aromatic carbocycles. The summed E-state index contributed by atoms with van der Waals surface area (Å²) in [4.78, 5) is 11.0.